The van der Waals surface area contributed by atoms with Gasteiger partial charge in [-0.25, -0.2) is 0 Å². The van der Waals surface area contributed by atoms with Gasteiger partial charge in [0.15, 0.2) is 0 Å². The third-order valence-electron chi connectivity index (χ3n) is 3.74. The van der Waals surface area contributed by atoms with E-state index >= 15 is 0 Å². The second-order valence-electron chi connectivity index (χ2n) is 5.32. The normalized spacial score (nSPS) is 24.6. The summed E-state index contributed by atoms with van der Waals surface area (Å²) in [7, 11) is 1.66. The average Bonchev–Trinajstić information content (AvgIpc) is 2.46. The second-order valence-corrected chi connectivity index (χ2v) is 5.32. The number of ether oxygens (including phenoxy) is 2. The number of morpholine rings is 1. The molecule has 0 saturated carbocycles. The van der Waals surface area contributed by atoms with E-state index in [2.05, 4.69) is 17.9 Å². The Labute approximate surface area is 120 Å². The van der Waals surface area contributed by atoms with Crippen LogP contribution in [0.3, 0.4) is 0 Å². The van der Waals surface area contributed by atoms with Gasteiger partial charge in [-0.1, -0.05) is 6.07 Å². The number of nitrogens with two attached hydrogens (primary N) is 1. The quantitative estimate of drug-likeness (QED) is 0.870. The monoisotopic (exact) mass is 280 g/mol. The molecule has 1 saturated heterocycles. The molecular weight excluding hydrogens is 256 g/mol. The topological polar surface area (TPSA) is 68.0 Å². The summed E-state index contributed by atoms with van der Waals surface area (Å²) in [5.74, 6) is 0.803. The summed E-state index contributed by atoms with van der Waals surface area (Å²) >= 11 is 0. The van der Waals surface area contributed by atoms with Crippen LogP contribution in [0.4, 0.5) is 5.69 Å². The molecule has 112 valence electrons. The number of nitrogens with zero attached hydrogens (tertiary/aromatic N) is 1. The van der Waals surface area contributed by atoms with Gasteiger partial charge in [0.25, 0.3) is 0 Å². The van der Waals surface area contributed by atoms with Gasteiger partial charge >= 0.3 is 0 Å². The van der Waals surface area contributed by atoms with E-state index in [0.29, 0.717) is 13.2 Å². The Morgan fingerprint density at radius 1 is 1.55 bits per heavy atom. The van der Waals surface area contributed by atoms with E-state index < -0.39 is 0 Å². The van der Waals surface area contributed by atoms with Crippen LogP contribution >= 0.6 is 0 Å². The van der Waals surface area contributed by atoms with E-state index in [0.717, 1.165) is 17.0 Å². The molecule has 1 aliphatic heterocycles. The highest BCUT2D eigenvalue weighted by Crippen LogP contribution is 2.35. The van der Waals surface area contributed by atoms with Crippen molar-refractivity contribution in [2.45, 2.75) is 32.0 Å². The first-order chi connectivity index (χ1) is 9.58. The molecule has 1 aromatic carbocycles. The zero-order valence-electron chi connectivity index (χ0n) is 12.4. The fourth-order valence-corrected chi connectivity index (χ4v) is 2.68. The highest BCUT2D eigenvalue weighted by Gasteiger charge is 2.28. The molecule has 5 heteroatoms. The third-order valence-corrected chi connectivity index (χ3v) is 3.74. The molecule has 2 unspecified atom stereocenters. The highest BCUT2D eigenvalue weighted by molar-refractivity contribution is 5.61. The van der Waals surface area contributed by atoms with Crippen LogP contribution in [0.25, 0.3) is 0 Å². The average molecular weight is 280 g/mol. The smallest absolute Gasteiger partial charge is 0.125 e. The lowest BCUT2D eigenvalue weighted by Gasteiger charge is -2.40. The van der Waals surface area contributed by atoms with Crippen LogP contribution in [0.2, 0.25) is 0 Å². The predicted molar refractivity (Wildman–Crippen MR) is 79.2 cm³/mol. The van der Waals surface area contributed by atoms with Gasteiger partial charge in [0.2, 0.25) is 0 Å². The van der Waals surface area contributed by atoms with Gasteiger partial charge in [-0.15, -0.1) is 0 Å². The number of rotatable bonds is 4. The molecule has 5 nitrogen and oxygen atoms in total. The third kappa shape index (κ3) is 2.90. The van der Waals surface area contributed by atoms with Crippen LogP contribution < -0.4 is 15.4 Å². The van der Waals surface area contributed by atoms with E-state index in [1.807, 2.05) is 19.1 Å². The number of methoxy groups -OCH3 is 1. The molecule has 0 spiro atoms. The lowest BCUT2D eigenvalue weighted by molar-refractivity contribution is -0.0104. The Hall–Kier alpha value is -1.30. The number of anilines is 1. The second kappa shape index (κ2) is 6.43. The van der Waals surface area contributed by atoms with Crippen molar-refractivity contribution < 1.29 is 14.6 Å². The predicted octanol–water partition coefficient (Wildman–Crippen LogP) is 1.30. The van der Waals surface area contributed by atoms with Crippen molar-refractivity contribution in [2.24, 2.45) is 5.73 Å². The fraction of sp³-hybridized carbons (Fsp3) is 0.600. The van der Waals surface area contributed by atoms with Crippen LogP contribution in [0, 0.1) is 0 Å². The molecule has 0 amide bonds. The highest BCUT2D eigenvalue weighted by atomic mass is 16.5. The number of hydrogen-bond acceptors (Lipinski definition) is 5. The number of benzene rings is 1. The first kappa shape index (κ1) is 15.1. The molecule has 0 aliphatic carbocycles. The maximum Gasteiger partial charge on any atom is 0.125 e. The fourth-order valence-electron chi connectivity index (χ4n) is 2.68. The van der Waals surface area contributed by atoms with Gasteiger partial charge in [0.05, 0.1) is 26.4 Å². The van der Waals surface area contributed by atoms with Crippen LogP contribution in [0.5, 0.6) is 5.75 Å². The summed E-state index contributed by atoms with van der Waals surface area (Å²) in [4.78, 5) is 2.24. The number of hydrogen-bond donors (Lipinski definition) is 2. The van der Waals surface area contributed by atoms with E-state index in [1.54, 1.807) is 7.11 Å². The van der Waals surface area contributed by atoms with Crippen molar-refractivity contribution in [2.75, 3.05) is 31.8 Å². The molecule has 1 aromatic rings. The van der Waals surface area contributed by atoms with Gasteiger partial charge in [-0.2, -0.15) is 0 Å². The summed E-state index contributed by atoms with van der Waals surface area (Å²) in [5, 5.41) is 9.32. The zero-order chi connectivity index (χ0) is 14.7. The molecule has 0 radical (unpaired) electrons. The number of aliphatic hydroxyl groups excluding tert-OH is 1. The Morgan fingerprint density at radius 2 is 2.30 bits per heavy atom. The standard InChI is InChI=1S/C15H24N2O3/c1-10-9-20-12(8-18)7-17(10)13-5-4-6-14(19-3)15(13)11(2)16/h4-6,10-12,18H,7-9,16H2,1-3H3/t10?,11-,12?/m1/s1. The van der Waals surface area contributed by atoms with E-state index in [1.165, 1.54) is 0 Å². The van der Waals surface area contributed by atoms with Gasteiger partial charge < -0.3 is 25.2 Å². The Bertz CT molecular complexity index is 451. The molecule has 1 fully saturated rings. The molecule has 1 heterocycles. The largest absolute Gasteiger partial charge is 0.496 e. The molecular formula is C15H24N2O3. The SMILES string of the molecule is COc1cccc(N2CC(CO)OCC2C)c1[C@@H](C)N. The first-order valence-corrected chi connectivity index (χ1v) is 7.00. The minimum atomic E-state index is -0.154. The Morgan fingerprint density at radius 3 is 2.90 bits per heavy atom. The maximum atomic E-state index is 9.32. The Balaban J connectivity index is 2.40. The van der Waals surface area contributed by atoms with E-state index in [4.69, 9.17) is 15.2 Å². The zero-order valence-corrected chi connectivity index (χ0v) is 12.4. The molecule has 3 atom stereocenters. The summed E-state index contributed by atoms with van der Waals surface area (Å²) in [6, 6.07) is 6.07. The summed E-state index contributed by atoms with van der Waals surface area (Å²) in [6.07, 6.45) is -0.154. The van der Waals surface area contributed by atoms with Gasteiger partial charge in [-0.05, 0) is 26.0 Å². The maximum absolute atomic E-state index is 9.32. The number of aliphatic hydroxyl groups is 1. The molecule has 20 heavy (non-hydrogen) atoms. The van der Waals surface area contributed by atoms with Crippen molar-refractivity contribution in [1.29, 1.82) is 0 Å². The minimum absolute atomic E-state index is 0.0285. The lowest BCUT2D eigenvalue weighted by Crippen LogP contribution is -2.50. The van der Waals surface area contributed by atoms with E-state index in [9.17, 15) is 5.11 Å². The van der Waals surface area contributed by atoms with Crippen molar-refractivity contribution in [1.82, 2.24) is 0 Å². The van der Waals surface area contributed by atoms with Gasteiger partial charge in [-0.3, -0.25) is 0 Å². The molecule has 2 rings (SSSR count). The van der Waals surface area contributed by atoms with Crippen LogP contribution in [0.15, 0.2) is 18.2 Å². The van der Waals surface area contributed by atoms with Crippen molar-refractivity contribution >= 4 is 5.69 Å². The van der Waals surface area contributed by atoms with Crippen molar-refractivity contribution in [3.63, 3.8) is 0 Å². The molecule has 1 aliphatic rings. The summed E-state index contributed by atoms with van der Waals surface area (Å²) < 4.78 is 11.0. The summed E-state index contributed by atoms with van der Waals surface area (Å²) in [6.45, 7) is 5.35. The molecule has 0 aromatic heterocycles. The van der Waals surface area contributed by atoms with Crippen molar-refractivity contribution in [3.05, 3.63) is 23.8 Å². The summed E-state index contributed by atoms with van der Waals surface area (Å²) in [5.41, 5.74) is 8.19. The first-order valence-electron chi connectivity index (χ1n) is 7.00. The van der Waals surface area contributed by atoms with Crippen LogP contribution in [-0.4, -0.2) is 44.1 Å². The Kier molecular flexibility index (Phi) is 4.86. The molecule has 0 bridgehead atoms. The molecule has 3 N–H and O–H groups in total. The van der Waals surface area contributed by atoms with Gasteiger partial charge in [0.1, 0.15) is 5.75 Å². The van der Waals surface area contributed by atoms with Crippen molar-refractivity contribution in [3.8, 4) is 5.75 Å². The van der Waals surface area contributed by atoms with Crippen LogP contribution in [-0.2, 0) is 4.74 Å². The van der Waals surface area contributed by atoms with Crippen LogP contribution in [0.1, 0.15) is 25.5 Å². The lowest BCUT2D eigenvalue weighted by atomic mass is 10.0. The minimum Gasteiger partial charge on any atom is -0.496 e. The van der Waals surface area contributed by atoms with E-state index in [-0.39, 0.29) is 24.8 Å². The van der Waals surface area contributed by atoms with Gasteiger partial charge in [0, 0.05) is 29.9 Å².